The zero-order valence-corrected chi connectivity index (χ0v) is 12.1. The molecule has 1 heterocycles. The van der Waals surface area contributed by atoms with Crippen LogP contribution in [-0.2, 0) is 4.74 Å². The van der Waals surface area contributed by atoms with Crippen LogP contribution in [0.4, 0.5) is 6.01 Å². The Hall–Kier alpha value is -1.34. The van der Waals surface area contributed by atoms with Gasteiger partial charge in [0.25, 0.3) is 0 Å². The van der Waals surface area contributed by atoms with Crippen LogP contribution in [-0.4, -0.2) is 41.6 Å². The summed E-state index contributed by atoms with van der Waals surface area (Å²) in [6, 6.07) is 5.18. The molecule has 0 aliphatic carbocycles. The Bertz CT molecular complexity index is 557. The third-order valence-corrected chi connectivity index (χ3v) is 2.83. The standard InChI is InChI=1S/C12H13Cl2N3O3/c1-19-6-10(18)5-15-12-16-11(17-20-12)7-2-8(13)4-9(14)3-7/h2-4,10,18H,5-6H2,1H3,(H,15,16,17). The summed E-state index contributed by atoms with van der Waals surface area (Å²) in [5.41, 5.74) is 0.650. The lowest BCUT2D eigenvalue weighted by Crippen LogP contribution is -2.24. The van der Waals surface area contributed by atoms with Gasteiger partial charge < -0.3 is 19.7 Å². The van der Waals surface area contributed by atoms with Crippen LogP contribution < -0.4 is 5.32 Å². The van der Waals surface area contributed by atoms with E-state index in [0.29, 0.717) is 21.4 Å². The van der Waals surface area contributed by atoms with E-state index >= 15 is 0 Å². The highest BCUT2D eigenvalue weighted by Gasteiger charge is 2.11. The molecule has 0 aliphatic heterocycles. The van der Waals surface area contributed by atoms with Crippen molar-refractivity contribution in [3.8, 4) is 11.4 Å². The van der Waals surface area contributed by atoms with Gasteiger partial charge in [0, 0.05) is 29.3 Å². The maximum Gasteiger partial charge on any atom is 0.321 e. The number of hydrogen-bond donors (Lipinski definition) is 2. The van der Waals surface area contributed by atoms with Crippen LogP contribution >= 0.6 is 23.2 Å². The SMILES string of the molecule is COCC(O)CNc1nc(-c2cc(Cl)cc(Cl)c2)no1. The maximum absolute atomic E-state index is 9.49. The molecule has 1 aromatic carbocycles. The molecule has 0 fully saturated rings. The molecule has 6 nitrogen and oxygen atoms in total. The lowest BCUT2D eigenvalue weighted by Gasteiger charge is -2.08. The summed E-state index contributed by atoms with van der Waals surface area (Å²) in [5.74, 6) is 0.359. The number of anilines is 1. The van der Waals surface area contributed by atoms with E-state index in [1.54, 1.807) is 18.2 Å². The third kappa shape index (κ3) is 4.08. The molecule has 0 spiro atoms. The summed E-state index contributed by atoms with van der Waals surface area (Å²) in [7, 11) is 1.51. The quantitative estimate of drug-likeness (QED) is 0.851. The Morgan fingerprint density at radius 3 is 2.70 bits per heavy atom. The Morgan fingerprint density at radius 1 is 1.35 bits per heavy atom. The summed E-state index contributed by atoms with van der Waals surface area (Å²) in [6.07, 6.45) is -0.657. The lowest BCUT2D eigenvalue weighted by atomic mass is 10.2. The molecule has 0 radical (unpaired) electrons. The number of ether oxygens (including phenoxy) is 1. The molecule has 0 saturated heterocycles. The van der Waals surface area contributed by atoms with Crippen LogP contribution in [0.25, 0.3) is 11.4 Å². The highest BCUT2D eigenvalue weighted by atomic mass is 35.5. The summed E-state index contributed by atoms with van der Waals surface area (Å²) in [5, 5.41) is 17.1. The molecule has 1 unspecified atom stereocenters. The number of methoxy groups -OCH3 is 1. The van der Waals surface area contributed by atoms with Crippen molar-refractivity contribution in [3.63, 3.8) is 0 Å². The summed E-state index contributed by atoms with van der Waals surface area (Å²) < 4.78 is 9.82. The molecule has 2 rings (SSSR count). The third-order valence-electron chi connectivity index (χ3n) is 2.39. The normalized spacial score (nSPS) is 12.4. The van der Waals surface area contributed by atoms with E-state index in [2.05, 4.69) is 15.5 Å². The summed E-state index contributed by atoms with van der Waals surface area (Å²) in [4.78, 5) is 4.14. The van der Waals surface area contributed by atoms with Crippen LogP contribution in [0, 0.1) is 0 Å². The van der Waals surface area contributed by atoms with Crippen molar-refractivity contribution in [2.45, 2.75) is 6.10 Å². The van der Waals surface area contributed by atoms with Gasteiger partial charge in [0.1, 0.15) is 0 Å². The predicted octanol–water partition coefficient (Wildman–Crippen LogP) is 2.46. The highest BCUT2D eigenvalue weighted by molar-refractivity contribution is 6.35. The van der Waals surface area contributed by atoms with E-state index in [1.807, 2.05) is 0 Å². The number of aliphatic hydroxyl groups excluding tert-OH is 1. The highest BCUT2D eigenvalue weighted by Crippen LogP contribution is 2.25. The molecular formula is C12H13Cl2N3O3. The first kappa shape index (κ1) is 15.1. The minimum atomic E-state index is -0.657. The van der Waals surface area contributed by atoms with Crippen LogP contribution in [0.5, 0.6) is 0 Å². The minimum Gasteiger partial charge on any atom is -0.389 e. The van der Waals surface area contributed by atoms with Crippen LogP contribution in [0.2, 0.25) is 10.0 Å². The first-order chi connectivity index (χ1) is 9.58. The summed E-state index contributed by atoms with van der Waals surface area (Å²) in [6.45, 7) is 0.462. The van der Waals surface area contributed by atoms with E-state index in [9.17, 15) is 5.11 Å². The van der Waals surface area contributed by atoms with E-state index in [0.717, 1.165) is 0 Å². The van der Waals surface area contributed by atoms with E-state index in [4.69, 9.17) is 32.5 Å². The van der Waals surface area contributed by atoms with Gasteiger partial charge in [-0.25, -0.2) is 0 Å². The second kappa shape index (κ2) is 6.90. The van der Waals surface area contributed by atoms with Gasteiger partial charge >= 0.3 is 6.01 Å². The number of rotatable bonds is 6. The molecule has 0 saturated carbocycles. The van der Waals surface area contributed by atoms with E-state index in [1.165, 1.54) is 7.11 Å². The number of nitrogens with one attached hydrogen (secondary N) is 1. The zero-order valence-electron chi connectivity index (χ0n) is 10.6. The molecule has 2 aromatic rings. The smallest absolute Gasteiger partial charge is 0.321 e. The van der Waals surface area contributed by atoms with Crippen molar-refractivity contribution in [3.05, 3.63) is 28.2 Å². The largest absolute Gasteiger partial charge is 0.389 e. The van der Waals surface area contributed by atoms with Gasteiger partial charge in [0.05, 0.1) is 12.7 Å². The van der Waals surface area contributed by atoms with Gasteiger partial charge in [0.15, 0.2) is 0 Å². The predicted molar refractivity (Wildman–Crippen MR) is 76.1 cm³/mol. The number of aromatic nitrogens is 2. The molecule has 1 atom stereocenters. The first-order valence-electron chi connectivity index (χ1n) is 5.79. The van der Waals surface area contributed by atoms with Crippen LogP contribution in [0.1, 0.15) is 0 Å². The fourth-order valence-corrected chi connectivity index (χ4v) is 2.08. The molecule has 0 aliphatic rings. The molecule has 0 amide bonds. The Morgan fingerprint density at radius 2 is 2.05 bits per heavy atom. The first-order valence-corrected chi connectivity index (χ1v) is 6.55. The van der Waals surface area contributed by atoms with Crippen molar-refractivity contribution in [1.29, 1.82) is 0 Å². The molecule has 20 heavy (non-hydrogen) atoms. The fourth-order valence-electron chi connectivity index (χ4n) is 1.55. The van der Waals surface area contributed by atoms with Crippen molar-refractivity contribution >= 4 is 29.2 Å². The number of halogens is 2. The van der Waals surface area contributed by atoms with Crippen LogP contribution in [0.3, 0.4) is 0 Å². The maximum atomic E-state index is 9.49. The van der Waals surface area contributed by atoms with Crippen molar-refractivity contribution in [1.82, 2.24) is 10.1 Å². The molecule has 108 valence electrons. The van der Waals surface area contributed by atoms with Gasteiger partial charge in [-0.15, -0.1) is 0 Å². The molecular weight excluding hydrogens is 305 g/mol. The monoisotopic (exact) mass is 317 g/mol. The minimum absolute atomic E-state index is 0.200. The van der Waals surface area contributed by atoms with Gasteiger partial charge in [-0.2, -0.15) is 4.98 Å². The Labute approximate surface area is 125 Å². The Balaban J connectivity index is 2.05. The molecule has 2 N–H and O–H groups in total. The van der Waals surface area contributed by atoms with Crippen molar-refractivity contribution in [2.24, 2.45) is 0 Å². The number of nitrogens with zero attached hydrogens (tertiary/aromatic N) is 2. The number of hydrogen-bond acceptors (Lipinski definition) is 6. The van der Waals surface area contributed by atoms with Gasteiger partial charge in [-0.05, 0) is 18.2 Å². The number of benzene rings is 1. The second-order valence-corrected chi connectivity index (χ2v) is 4.94. The van der Waals surface area contributed by atoms with Gasteiger partial charge in [-0.3, -0.25) is 0 Å². The average Bonchev–Trinajstić information content (AvgIpc) is 2.84. The molecule has 1 aromatic heterocycles. The number of aliphatic hydroxyl groups is 1. The van der Waals surface area contributed by atoms with Crippen molar-refractivity contribution in [2.75, 3.05) is 25.6 Å². The molecule has 0 bridgehead atoms. The second-order valence-electron chi connectivity index (χ2n) is 4.07. The van der Waals surface area contributed by atoms with Crippen LogP contribution in [0.15, 0.2) is 22.7 Å². The van der Waals surface area contributed by atoms with Gasteiger partial charge in [0.2, 0.25) is 5.82 Å². The Kier molecular flexibility index (Phi) is 5.19. The lowest BCUT2D eigenvalue weighted by molar-refractivity contribution is 0.0723. The van der Waals surface area contributed by atoms with E-state index in [-0.39, 0.29) is 19.2 Å². The molecule has 8 heteroatoms. The zero-order chi connectivity index (χ0) is 14.5. The average molecular weight is 318 g/mol. The fraction of sp³-hybridized carbons (Fsp3) is 0.333. The van der Waals surface area contributed by atoms with E-state index < -0.39 is 6.10 Å². The summed E-state index contributed by atoms with van der Waals surface area (Å²) >= 11 is 11.8. The van der Waals surface area contributed by atoms with Gasteiger partial charge in [-0.1, -0.05) is 28.4 Å². The topological polar surface area (TPSA) is 80.4 Å². The van der Waals surface area contributed by atoms with Crippen molar-refractivity contribution < 1.29 is 14.4 Å².